The maximum Gasteiger partial charge on any atom is 0.277 e. The number of benzene rings is 2. The van der Waals surface area contributed by atoms with Gasteiger partial charge in [-0.2, -0.15) is 0 Å². The van der Waals surface area contributed by atoms with Crippen LogP contribution in [-0.4, -0.2) is 24.5 Å². The normalized spacial score (nSPS) is 10.5. The number of anilines is 1. The van der Waals surface area contributed by atoms with Crippen molar-refractivity contribution in [2.75, 3.05) is 18.6 Å². The van der Waals surface area contributed by atoms with E-state index in [9.17, 15) is 9.18 Å². The minimum Gasteiger partial charge on any atom is -0.496 e. The molecular formula is C19H17FN2O2S. The Morgan fingerprint density at radius 3 is 2.60 bits per heavy atom. The SMILES string of the molecule is CCN(C(=O)c1csc(-c2ccccc2OC)n1)c1ccc(F)cc1. The smallest absolute Gasteiger partial charge is 0.277 e. The van der Waals surface area contributed by atoms with Crippen molar-refractivity contribution in [3.8, 4) is 16.3 Å². The number of nitrogens with zero attached hydrogens (tertiary/aromatic N) is 2. The molecule has 2 aromatic carbocycles. The number of hydrogen-bond donors (Lipinski definition) is 0. The van der Waals surface area contributed by atoms with Gasteiger partial charge in [-0.05, 0) is 43.3 Å². The van der Waals surface area contributed by atoms with Crippen LogP contribution in [0.5, 0.6) is 5.75 Å². The summed E-state index contributed by atoms with van der Waals surface area (Å²) in [5.74, 6) is 0.160. The van der Waals surface area contributed by atoms with Gasteiger partial charge in [-0.3, -0.25) is 4.79 Å². The molecule has 128 valence electrons. The van der Waals surface area contributed by atoms with E-state index in [4.69, 9.17) is 4.74 Å². The highest BCUT2D eigenvalue weighted by molar-refractivity contribution is 7.13. The Balaban J connectivity index is 1.90. The summed E-state index contributed by atoms with van der Waals surface area (Å²) in [6, 6.07) is 13.4. The van der Waals surface area contributed by atoms with Crippen LogP contribution in [0, 0.1) is 5.82 Å². The summed E-state index contributed by atoms with van der Waals surface area (Å²) in [5.41, 5.74) is 1.84. The van der Waals surface area contributed by atoms with Gasteiger partial charge in [-0.15, -0.1) is 11.3 Å². The summed E-state index contributed by atoms with van der Waals surface area (Å²) >= 11 is 1.39. The predicted octanol–water partition coefficient (Wildman–Crippen LogP) is 4.62. The number of aromatic nitrogens is 1. The van der Waals surface area contributed by atoms with Crippen LogP contribution in [0.3, 0.4) is 0 Å². The number of carbonyl (C=O) groups is 1. The van der Waals surface area contributed by atoms with E-state index in [-0.39, 0.29) is 11.7 Å². The number of halogens is 1. The molecule has 0 fully saturated rings. The lowest BCUT2D eigenvalue weighted by Gasteiger charge is -2.19. The van der Waals surface area contributed by atoms with E-state index in [0.29, 0.717) is 23.7 Å². The second kappa shape index (κ2) is 7.44. The first-order valence-corrected chi connectivity index (χ1v) is 8.68. The molecule has 3 rings (SSSR count). The van der Waals surface area contributed by atoms with E-state index >= 15 is 0 Å². The maximum atomic E-state index is 13.1. The Hall–Kier alpha value is -2.73. The number of hydrogen-bond acceptors (Lipinski definition) is 4. The third-order valence-electron chi connectivity index (χ3n) is 3.76. The van der Waals surface area contributed by atoms with Crippen LogP contribution in [-0.2, 0) is 0 Å². The number of ether oxygens (including phenoxy) is 1. The number of rotatable bonds is 5. The van der Waals surface area contributed by atoms with Gasteiger partial charge in [0.15, 0.2) is 0 Å². The highest BCUT2D eigenvalue weighted by Crippen LogP contribution is 2.32. The second-order valence-electron chi connectivity index (χ2n) is 5.26. The van der Waals surface area contributed by atoms with Crippen molar-refractivity contribution in [2.45, 2.75) is 6.92 Å². The molecule has 0 aliphatic carbocycles. The van der Waals surface area contributed by atoms with Crippen LogP contribution in [0.1, 0.15) is 17.4 Å². The summed E-state index contributed by atoms with van der Waals surface area (Å²) in [4.78, 5) is 18.8. The summed E-state index contributed by atoms with van der Waals surface area (Å²) in [6.45, 7) is 2.33. The highest BCUT2D eigenvalue weighted by atomic mass is 32.1. The second-order valence-corrected chi connectivity index (χ2v) is 6.12. The summed E-state index contributed by atoms with van der Waals surface area (Å²) in [7, 11) is 1.60. The molecule has 0 radical (unpaired) electrons. The Labute approximate surface area is 149 Å². The molecule has 0 spiro atoms. The first-order valence-electron chi connectivity index (χ1n) is 7.80. The van der Waals surface area contributed by atoms with Crippen molar-refractivity contribution in [1.29, 1.82) is 0 Å². The molecule has 0 saturated carbocycles. The molecule has 0 unspecified atom stereocenters. The maximum absolute atomic E-state index is 13.1. The van der Waals surface area contributed by atoms with Gasteiger partial charge in [0.2, 0.25) is 0 Å². The molecule has 3 aromatic rings. The third kappa shape index (κ3) is 3.53. The van der Waals surface area contributed by atoms with Crippen molar-refractivity contribution in [2.24, 2.45) is 0 Å². The molecule has 0 bridgehead atoms. The molecule has 0 aliphatic rings. The van der Waals surface area contributed by atoms with Crippen LogP contribution in [0.2, 0.25) is 0 Å². The quantitative estimate of drug-likeness (QED) is 0.670. The fourth-order valence-corrected chi connectivity index (χ4v) is 3.34. The number of carbonyl (C=O) groups excluding carboxylic acids is 1. The van der Waals surface area contributed by atoms with Gasteiger partial charge in [0.1, 0.15) is 22.3 Å². The minimum atomic E-state index is -0.334. The van der Waals surface area contributed by atoms with E-state index in [1.54, 1.807) is 29.5 Å². The van der Waals surface area contributed by atoms with E-state index < -0.39 is 0 Å². The van der Waals surface area contributed by atoms with Gasteiger partial charge in [-0.25, -0.2) is 9.37 Å². The third-order valence-corrected chi connectivity index (χ3v) is 4.64. The monoisotopic (exact) mass is 356 g/mol. The Kier molecular flexibility index (Phi) is 5.09. The van der Waals surface area contributed by atoms with Gasteiger partial charge in [0.25, 0.3) is 5.91 Å². The Morgan fingerprint density at radius 1 is 1.20 bits per heavy atom. The van der Waals surface area contributed by atoms with E-state index in [0.717, 1.165) is 10.6 Å². The average Bonchev–Trinajstić information content (AvgIpc) is 3.13. The molecular weight excluding hydrogens is 339 g/mol. The van der Waals surface area contributed by atoms with Crippen molar-refractivity contribution in [3.63, 3.8) is 0 Å². The number of amides is 1. The minimum absolute atomic E-state index is 0.216. The van der Waals surface area contributed by atoms with Crippen molar-refractivity contribution in [3.05, 3.63) is 65.4 Å². The van der Waals surface area contributed by atoms with Crippen molar-refractivity contribution < 1.29 is 13.9 Å². The van der Waals surface area contributed by atoms with Crippen LogP contribution in [0.25, 0.3) is 10.6 Å². The lowest BCUT2D eigenvalue weighted by molar-refractivity contribution is 0.0984. The molecule has 0 atom stereocenters. The fourth-order valence-electron chi connectivity index (χ4n) is 2.52. The molecule has 0 saturated heterocycles. The van der Waals surface area contributed by atoms with E-state index in [2.05, 4.69) is 4.98 Å². The van der Waals surface area contributed by atoms with Crippen LogP contribution >= 0.6 is 11.3 Å². The number of thiazole rings is 1. The molecule has 0 aliphatic heterocycles. The van der Waals surface area contributed by atoms with Gasteiger partial charge in [-0.1, -0.05) is 12.1 Å². The largest absolute Gasteiger partial charge is 0.496 e. The van der Waals surface area contributed by atoms with E-state index in [1.165, 1.54) is 23.5 Å². The Morgan fingerprint density at radius 2 is 1.92 bits per heavy atom. The van der Waals surface area contributed by atoms with Crippen LogP contribution < -0.4 is 9.64 Å². The molecule has 0 N–H and O–H groups in total. The topological polar surface area (TPSA) is 42.4 Å². The van der Waals surface area contributed by atoms with Gasteiger partial charge in [0, 0.05) is 17.6 Å². The molecule has 4 nitrogen and oxygen atoms in total. The summed E-state index contributed by atoms with van der Waals surface area (Å²) in [5, 5.41) is 2.45. The highest BCUT2D eigenvalue weighted by Gasteiger charge is 2.20. The van der Waals surface area contributed by atoms with Crippen molar-refractivity contribution >= 4 is 22.9 Å². The van der Waals surface area contributed by atoms with Crippen molar-refractivity contribution in [1.82, 2.24) is 4.98 Å². The summed E-state index contributed by atoms with van der Waals surface area (Å²) in [6.07, 6.45) is 0. The Bertz CT molecular complexity index is 877. The van der Waals surface area contributed by atoms with E-state index in [1.807, 2.05) is 31.2 Å². The first-order chi connectivity index (χ1) is 12.1. The molecule has 25 heavy (non-hydrogen) atoms. The van der Waals surface area contributed by atoms with Gasteiger partial charge >= 0.3 is 0 Å². The zero-order valence-electron chi connectivity index (χ0n) is 13.9. The molecule has 1 amide bonds. The summed E-state index contributed by atoms with van der Waals surface area (Å²) < 4.78 is 18.5. The zero-order valence-corrected chi connectivity index (χ0v) is 14.7. The number of methoxy groups -OCH3 is 1. The fraction of sp³-hybridized carbons (Fsp3) is 0.158. The predicted molar refractivity (Wildman–Crippen MR) is 97.9 cm³/mol. The van der Waals surface area contributed by atoms with Crippen LogP contribution in [0.15, 0.2) is 53.9 Å². The molecule has 1 heterocycles. The number of para-hydroxylation sites is 1. The molecule has 6 heteroatoms. The standard InChI is InChI=1S/C19H17FN2O2S/c1-3-22(14-10-8-13(20)9-11-14)19(23)16-12-25-18(21-16)15-6-4-5-7-17(15)24-2/h4-12H,3H2,1-2H3. The van der Waals surface area contributed by atoms with Gasteiger partial charge in [0.05, 0.1) is 12.7 Å². The average molecular weight is 356 g/mol. The van der Waals surface area contributed by atoms with Gasteiger partial charge < -0.3 is 9.64 Å². The zero-order chi connectivity index (χ0) is 17.8. The molecule has 1 aromatic heterocycles. The van der Waals surface area contributed by atoms with Crippen LogP contribution in [0.4, 0.5) is 10.1 Å². The lowest BCUT2D eigenvalue weighted by Crippen LogP contribution is -2.30. The lowest BCUT2D eigenvalue weighted by atomic mass is 10.2. The first kappa shape index (κ1) is 17.1.